The van der Waals surface area contributed by atoms with Gasteiger partial charge in [-0.25, -0.2) is 8.42 Å². The van der Waals surface area contributed by atoms with Crippen LogP contribution in [0.15, 0.2) is 52.1 Å². The number of carbonyl (C=O) groups is 1. The Hall–Kier alpha value is -1.70. The zero-order valence-corrected chi connectivity index (χ0v) is 15.0. The summed E-state index contributed by atoms with van der Waals surface area (Å²) in [5.74, 6) is -0.308. The fourth-order valence-corrected chi connectivity index (χ4v) is 4.89. The summed E-state index contributed by atoms with van der Waals surface area (Å²) in [4.78, 5) is 12.3. The summed E-state index contributed by atoms with van der Waals surface area (Å²) >= 11 is 1.13. The van der Waals surface area contributed by atoms with Gasteiger partial charge in [-0.1, -0.05) is 36.4 Å². The summed E-state index contributed by atoms with van der Waals surface area (Å²) in [6.45, 7) is 2.09. The molecule has 1 fully saturated rings. The van der Waals surface area contributed by atoms with E-state index in [4.69, 9.17) is 0 Å². The molecule has 0 unspecified atom stereocenters. The van der Waals surface area contributed by atoms with Crippen molar-refractivity contribution in [2.75, 3.05) is 6.54 Å². The van der Waals surface area contributed by atoms with Crippen molar-refractivity contribution in [3.05, 3.63) is 53.4 Å². The average molecular weight is 364 g/mol. The van der Waals surface area contributed by atoms with Gasteiger partial charge in [0.1, 0.15) is 4.21 Å². The lowest BCUT2D eigenvalue weighted by atomic mass is 9.96. The van der Waals surface area contributed by atoms with Gasteiger partial charge in [-0.2, -0.15) is 4.72 Å². The summed E-state index contributed by atoms with van der Waals surface area (Å²) in [7, 11) is -3.64. The van der Waals surface area contributed by atoms with Crippen molar-refractivity contribution in [3.63, 3.8) is 0 Å². The van der Waals surface area contributed by atoms with Gasteiger partial charge in [0.05, 0.1) is 6.04 Å². The monoisotopic (exact) mass is 364 g/mol. The minimum Gasteiger partial charge on any atom is -0.354 e. The molecule has 1 saturated carbocycles. The number of hydrogen-bond donors (Lipinski definition) is 2. The number of rotatable bonds is 7. The third-order valence-electron chi connectivity index (χ3n) is 4.33. The fourth-order valence-electron chi connectivity index (χ4n) is 2.68. The first kappa shape index (κ1) is 17.1. The molecule has 1 amide bonds. The van der Waals surface area contributed by atoms with Gasteiger partial charge in [0, 0.05) is 12.0 Å². The molecule has 0 spiro atoms. The number of sulfonamides is 1. The Kier molecular flexibility index (Phi) is 4.76. The zero-order valence-electron chi connectivity index (χ0n) is 13.4. The largest absolute Gasteiger partial charge is 0.354 e. The Balaban J connectivity index is 1.58. The number of amides is 1. The first-order valence-electron chi connectivity index (χ1n) is 7.82. The van der Waals surface area contributed by atoms with Crippen molar-refractivity contribution in [2.24, 2.45) is 0 Å². The Bertz CT molecular complexity index is 798. The molecule has 2 aromatic rings. The second-order valence-corrected chi connectivity index (χ2v) is 9.03. The van der Waals surface area contributed by atoms with Crippen molar-refractivity contribution in [2.45, 2.75) is 35.4 Å². The number of thiophene rings is 1. The van der Waals surface area contributed by atoms with Crippen LogP contribution in [0.3, 0.4) is 0 Å². The molecule has 1 heterocycles. The molecule has 1 aliphatic rings. The maximum Gasteiger partial charge on any atom is 0.250 e. The highest BCUT2D eigenvalue weighted by molar-refractivity contribution is 7.91. The molecule has 0 radical (unpaired) electrons. The third kappa shape index (κ3) is 3.68. The van der Waals surface area contributed by atoms with Crippen LogP contribution in [0.5, 0.6) is 0 Å². The molecule has 0 bridgehead atoms. The highest BCUT2D eigenvalue weighted by Gasteiger charge is 2.44. The average Bonchev–Trinajstić information content (AvgIpc) is 3.14. The standard InChI is InChI=1S/C17H20N2O3S2/c1-13(19-24(21,22)15-8-5-11-23-15)16(20)18-12-17(9-10-17)14-6-3-2-4-7-14/h2-8,11,13,19H,9-10,12H2,1H3,(H,18,20)/t13-/m1/s1. The lowest BCUT2D eigenvalue weighted by Crippen LogP contribution is -2.46. The van der Waals surface area contributed by atoms with Gasteiger partial charge < -0.3 is 5.32 Å². The van der Waals surface area contributed by atoms with Gasteiger partial charge in [-0.3, -0.25) is 4.79 Å². The van der Waals surface area contributed by atoms with Gasteiger partial charge in [-0.05, 0) is 36.8 Å². The summed E-state index contributed by atoms with van der Waals surface area (Å²) in [5.41, 5.74) is 1.22. The lowest BCUT2D eigenvalue weighted by Gasteiger charge is -2.19. The normalized spacial score (nSPS) is 17.2. The van der Waals surface area contributed by atoms with Crippen LogP contribution in [-0.2, 0) is 20.2 Å². The van der Waals surface area contributed by atoms with E-state index in [1.54, 1.807) is 18.4 Å². The van der Waals surface area contributed by atoms with E-state index in [0.717, 1.165) is 24.2 Å². The molecule has 1 aromatic carbocycles. The van der Waals surface area contributed by atoms with Gasteiger partial charge in [-0.15, -0.1) is 11.3 Å². The van der Waals surface area contributed by atoms with Crippen LogP contribution in [0, 0.1) is 0 Å². The predicted octanol–water partition coefficient (Wildman–Crippen LogP) is 2.26. The Labute approximate surface area is 146 Å². The highest BCUT2D eigenvalue weighted by atomic mass is 32.2. The highest BCUT2D eigenvalue weighted by Crippen LogP contribution is 2.47. The molecular formula is C17H20N2O3S2. The van der Waals surface area contributed by atoms with Crippen LogP contribution in [0.1, 0.15) is 25.3 Å². The molecule has 128 valence electrons. The summed E-state index contributed by atoms with van der Waals surface area (Å²) in [6, 6.07) is 12.5. The van der Waals surface area contributed by atoms with Gasteiger partial charge in [0.15, 0.2) is 0 Å². The summed E-state index contributed by atoms with van der Waals surface area (Å²) in [5, 5.41) is 4.58. The maximum absolute atomic E-state index is 12.3. The number of hydrogen-bond acceptors (Lipinski definition) is 4. The molecule has 24 heavy (non-hydrogen) atoms. The Morgan fingerprint density at radius 1 is 1.21 bits per heavy atom. The minimum absolute atomic E-state index is 0.00324. The smallest absolute Gasteiger partial charge is 0.250 e. The maximum atomic E-state index is 12.3. The molecule has 7 heteroatoms. The van der Waals surface area contributed by atoms with Crippen LogP contribution in [0.2, 0.25) is 0 Å². The van der Waals surface area contributed by atoms with Crippen LogP contribution in [0.25, 0.3) is 0 Å². The Morgan fingerprint density at radius 2 is 1.92 bits per heavy atom. The first-order chi connectivity index (χ1) is 11.4. The van der Waals surface area contributed by atoms with Crippen LogP contribution < -0.4 is 10.0 Å². The van der Waals surface area contributed by atoms with E-state index < -0.39 is 16.1 Å². The van der Waals surface area contributed by atoms with E-state index in [2.05, 4.69) is 22.2 Å². The second kappa shape index (κ2) is 6.66. The van der Waals surface area contributed by atoms with Crippen molar-refractivity contribution in [3.8, 4) is 0 Å². The van der Waals surface area contributed by atoms with E-state index in [1.807, 2.05) is 18.2 Å². The molecule has 0 aliphatic heterocycles. The number of benzene rings is 1. The lowest BCUT2D eigenvalue weighted by molar-refractivity contribution is -0.122. The minimum atomic E-state index is -3.64. The van der Waals surface area contributed by atoms with Crippen LogP contribution in [-0.4, -0.2) is 26.9 Å². The van der Waals surface area contributed by atoms with E-state index in [9.17, 15) is 13.2 Å². The molecule has 1 atom stereocenters. The van der Waals surface area contributed by atoms with E-state index >= 15 is 0 Å². The van der Waals surface area contributed by atoms with Crippen molar-refractivity contribution >= 4 is 27.3 Å². The SMILES string of the molecule is C[C@@H](NS(=O)(=O)c1cccs1)C(=O)NCC1(c2ccccc2)CC1. The van der Waals surface area contributed by atoms with Crippen molar-refractivity contribution in [1.82, 2.24) is 10.0 Å². The molecular weight excluding hydrogens is 344 g/mol. The first-order valence-corrected chi connectivity index (χ1v) is 10.2. The number of carbonyl (C=O) groups excluding carboxylic acids is 1. The molecule has 2 N–H and O–H groups in total. The zero-order chi connectivity index (χ0) is 17.2. The topological polar surface area (TPSA) is 75.3 Å². The van der Waals surface area contributed by atoms with E-state index in [1.165, 1.54) is 11.6 Å². The number of nitrogens with one attached hydrogen (secondary N) is 2. The molecule has 1 aliphatic carbocycles. The molecule has 1 aromatic heterocycles. The van der Waals surface area contributed by atoms with E-state index in [0.29, 0.717) is 6.54 Å². The third-order valence-corrected chi connectivity index (χ3v) is 7.26. The van der Waals surface area contributed by atoms with Gasteiger partial charge in [0.25, 0.3) is 10.0 Å². The summed E-state index contributed by atoms with van der Waals surface area (Å²) < 4.78 is 27.0. The summed E-state index contributed by atoms with van der Waals surface area (Å²) in [6.07, 6.45) is 2.07. The Morgan fingerprint density at radius 3 is 2.50 bits per heavy atom. The molecule has 3 rings (SSSR count). The van der Waals surface area contributed by atoms with Crippen LogP contribution >= 0.6 is 11.3 Å². The molecule has 0 saturated heterocycles. The quantitative estimate of drug-likeness (QED) is 0.791. The van der Waals surface area contributed by atoms with Crippen LogP contribution in [0.4, 0.5) is 0 Å². The predicted molar refractivity (Wildman–Crippen MR) is 94.5 cm³/mol. The van der Waals surface area contributed by atoms with Crippen molar-refractivity contribution in [1.29, 1.82) is 0 Å². The fraction of sp³-hybridized carbons (Fsp3) is 0.353. The molecule has 5 nitrogen and oxygen atoms in total. The second-order valence-electron chi connectivity index (χ2n) is 6.14. The van der Waals surface area contributed by atoms with E-state index in [-0.39, 0.29) is 15.5 Å². The van der Waals surface area contributed by atoms with Crippen molar-refractivity contribution < 1.29 is 13.2 Å². The van der Waals surface area contributed by atoms with Gasteiger partial charge >= 0.3 is 0 Å². The van der Waals surface area contributed by atoms with Gasteiger partial charge in [0.2, 0.25) is 5.91 Å².